The van der Waals surface area contributed by atoms with Gasteiger partial charge in [0.25, 0.3) is 0 Å². The van der Waals surface area contributed by atoms with Crippen molar-refractivity contribution in [3.63, 3.8) is 0 Å². The summed E-state index contributed by atoms with van der Waals surface area (Å²) < 4.78 is 6.69. The monoisotopic (exact) mass is 285 g/mol. The van der Waals surface area contributed by atoms with Crippen molar-refractivity contribution in [1.29, 1.82) is 0 Å². The van der Waals surface area contributed by atoms with Gasteiger partial charge in [0.2, 0.25) is 0 Å². The molecule has 90 valence electrons. The molecule has 1 aromatic carbocycles. The Morgan fingerprint density at radius 1 is 1.31 bits per heavy atom. The van der Waals surface area contributed by atoms with E-state index in [-0.39, 0.29) is 0 Å². The van der Waals surface area contributed by atoms with E-state index in [1.54, 1.807) is 0 Å². The minimum Gasteiger partial charge on any atom is -0.494 e. The van der Waals surface area contributed by atoms with E-state index in [0.717, 1.165) is 23.3 Å². The van der Waals surface area contributed by atoms with Gasteiger partial charge in [0.1, 0.15) is 5.75 Å². The lowest BCUT2D eigenvalue weighted by atomic mass is 10.2. The van der Waals surface area contributed by atoms with Crippen molar-refractivity contribution in [1.82, 2.24) is 5.32 Å². The summed E-state index contributed by atoms with van der Waals surface area (Å²) in [5, 5.41) is 3.43. The Bertz CT molecular complexity index is 315. The van der Waals surface area contributed by atoms with Gasteiger partial charge in [0, 0.05) is 16.6 Å². The summed E-state index contributed by atoms with van der Waals surface area (Å²) in [5.74, 6) is 0.981. The lowest BCUT2D eigenvalue weighted by molar-refractivity contribution is 0.335. The number of halogens is 1. The van der Waals surface area contributed by atoms with E-state index >= 15 is 0 Å². The van der Waals surface area contributed by atoms with Gasteiger partial charge in [-0.15, -0.1) is 0 Å². The smallest absolute Gasteiger partial charge is 0.123 e. The van der Waals surface area contributed by atoms with Gasteiger partial charge >= 0.3 is 0 Å². The first-order valence-electron chi connectivity index (χ1n) is 5.89. The number of hydrogen-bond donors (Lipinski definition) is 1. The van der Waals surface area contributed by atoms with E-state index in [0.29, 0.717) is 6.61 Å². The highest BCUT2D eigenvalue weighted by molar-refractivity contribution is 9.10. The summed E-state index contributed by atoms with van der Waals surface area (Å²) in [5.41, 5.74) is 1.22. The molecule has 0 saturated carbocycles. The van der Waals surface area contributed by atoms with Gasteiger partial charge in [-0.05, 0) is 38.1 Å². The third-order valence-electron chi connectivity index (χ3n) is 2.34. The van der Waals surface area contributed by atoms with E-state index in [1.807, 2.05) is 19.1 Å². The van der Waals surface area contributed by atoms with Crippen molar-refractivity contribution < 1.29 is 4.74 Å². The van der Waals surface area contributed by atoms with E-state index in [9.17, 15) is 0 Å². The molecule has 3 heteroatoms. The molecule has 0 spiro atoms. The van der Waals surface area contributed by atoms with E-state index in [2.05, 4.69) is 34.2 Å². The van der Waals surface area contributed by atoms with Crippen molar-refractivity contribution in [2.75, 3.05) is 13.2 Å². The Labute approximate surface area is 107 Å². The SMILES string of the molecule is CCCCNCc1cc(Br)ccc1OCC. The van der Waals surface area contributed by atoms with Crippen LogP contribution in [0, 0.1) is 0 Å². The molecule has 0 bridgehead atoms. The molecule has 2 nitrogen and oxygen atoms in total. The van der Waals surface area contributed by atoms with Crippen LogP contribution >= 0.6 is 15.9 Å². The molecule has 1 rings (SSSR count). The number of benzene rings is 1. The minimum absolute atomic E-state index is 0.712. The largest absolute Gasteiger partial charge is 0.494 e. The zero-order valence-electron chi connectivity index (χ0n) is 10.1. The van der Waals surface area contributed by atoms with Crippen LogP contribution in [0.4, 0.5) is 0 Å². The van der Waals surface area contributed by atoms with Crippen molar-refractivity contribution in [3.05, 3.63) is 28.2 Å². The summed E-state index contributed by atoms with van der Waals surface area (Å²) in [6.07, 6.45) is 2.45. The van der Waals surface area contributed by atoms with Crippen LogP contribution in [0.3, 0.4) is 0 Å². The van der Waals surface area contributed by atoms with Crippen molar-refractivity contribution in [2.24, 2.45) is 0 Å². The molecule has 0 unspecified atom stereocenters. The maximum Gasteiger partial charge on any atom is 0.123 e. The normalized spacial score (nSPS) is 10.4. The third kappa shape index (κ3) is 4.54. The highest BCUT2D eigenvalue weighted by atomic mass is 79.9. The van der Waals surface area contributed by atoms with Crippen LogP contribution in [0.5, 0.6) is 5.75 Å². The fourth-order valence-corrected chi connectivity index (χ4v) is 1.92. The molecule has 0 aromatic heterocycles. The molecule has 0 saturated heterocycles. The Hall–Kier alpha value is -0.540. The summed E-state index contributed by atoms with van der Waals surface area (Å²) in [6, 6.07) is 6.15. The number of nitrogens with one attached hydrogen (secondary N) is 1. The average Bonchev–Trinajstić information content (AvgIpc) is 2.28. The van der Waals surface area contributed by atoms with Crippen LogP contribution < -0.4 is 10.1 Å². The van der Waals surface area contributed by atoms with E-state index in [4.69, 9.17) is 4.74 Å². The predicted molar refractivity (Wildman–Crippen MR) is 71.9 cm³/mol. The fourth-order valence-electron chi connectivity index (χ4n) is 1.51. The zero-order chi connectivity index (χ0) is 11.8. The standard InChI is InChI=1S/C13H20BrNO/c1-3-5-8-15-10-11-9-12(14)6-7-13(11)16-4-2/h6-7,9,15H,3-5,8,10H2,1-2H3. The van der Waals surface area contributed by atoms with E-state index < -0.39 is 0 Å². The van der Waals surface area contributed by atoms with Crippen molar-refractivity contribution in [2.45, 2.75) is 33.2 Å². The molecule has 0 aliphatic carbocycles. The maximum atomic E-state index is 5.59. The molecule has 0 amide bonds. The first-order valence-corrected chi connectivity index (χ1v) is 6.69. The number of ether oxygens (including phenoxy) is 1. The van der Waals surface area contributed by atoms with Gasteiger partial charge in [-0.3, -0.25) is 0 Å². The highest BCUT2D eigenvalue weighted by Crippen LogP contribution is 2.23. The van der Waals surface area contributed by atoms with Crippen LogP contribution in [0.15, 0.2) is 22.7 Å². The molecule has 0 atom stereocenters. The topological polar surface area (TPSA) is 21.3 Å². The summed E-state index contributed by atoms with van der Waals surface area (Å²) in [7, 11) is 0. The first kappa shape index (κ1) is 13.5. The third-order valence-corrected chi connectivity index (χ3v) is 2.84. The number of hydrogen-bond acceptors (Lipinski definition) is 2. The zero-order valence-corrected chi connectivity index (χ0v) is 11.6. The number of rotatable bonds is 7. The van der Waals surface area contributed by atoms with Crippen LogP contribution in [-0.2, 0) is 6.54 Å². The first-order chi connectivity index (χ1) is 7.77. The van der Waals surface area contributed by atoms with Crippen LogP contribution in [0.1, 0.15) is 32.3 Å². The van der Waals surface area contributed by atoms with Crippen molar-refractivity contribution in [3.8, 4) is 5.75 Å². The molecule has 0 heterocycles. The molecule has 0 aliphatic heterocycles. The second-order valence-electron chi connectivity index (χ2n) is 3.72. The second-order valence-corrected chi connectivity index (χ2v) is 4.63. The van der Waals surface area contributed by atoms with Gasteiger partial charge < -0.3 is 10.1 Å². The minimum atomic E-state index is 0.712. The maximum absolute atomic E-state index is 5.59. The van der Waals surface area contributed by atoms with Crippen LogP contribution in [0.25, 0.3) is 0 Å². The molecule has 16 heavy (non-hydrogen) atoms. The quantitative estimate of drug-likeness (QED) is 0.771. The summed E-state index contributed by atoms with van der Waals surface area (Å²) >= 11 is 3.49. The lowest BCUT2D eigenvalue weighted by Gasteiger charge is -2.11. The van der Waals surface area contributed by atoms with Crippen molar-refractivity contribution >= 4 is 15.9 Å². The van der Waals surface area contributed by atoms with Crippen LogP contribution in [-0.4, -0.2) is 13.2 Å². The predicted octanol–water partition coefficient (Wildman–Crippen LogP) is 3.74. The lowest BCUT2D eigenvalue weighted by Crippen LogP contribution is -2.15. The Morgan fingerprint density at radius 3 is 2.81 bits per heavy atom. The molecule has 0 fully saturated rings. The second kappa shape index (κ2) is 7.69. The summed E-state index contributed by atoms with van der Waals surface area (Å²) in [6.45, 7) is 6.86. The Morgan fingerprint density at radius 2 is 2.12 bits per heavy atom. The van der Waals surface area contributed by atoms with Gasteiger partial charge in [-0.25, -0.2) is 0 Å². The van der Waals surface area contributed by atoms with Gasteiger partial charge in [0.05, 0.1) is 6.61 Å². The molecular formula is C13H20BrNO. The fraction of sp³-hybridized carbons (Fsp3) is 0.538. The Kier molecular flexibility index (Phi) is 6.50. The molecule has 1 N–H and O–H groups in total. The average molecular weight is 286 g/mol. The van der Waals surface area contributed by atoms with Gasteiger partial charge in [-0.2, -0.15) is 0 Å². The molecule has 0 aliphatic rings. The van der Waals surface area contributed by atoms with Gasteiger partial charge in [0.15, 0.2) is 0 Å². The highest BCUT2D eigenvalue weighted by Gasteiger charge is 2.03. The molecule has 0 radical (unpaired) electrons. The van der Waals surface area contributed by atoms with Gasteiger partial charge in [-0.1, -0.05) is 29.3 Å². The van der Waals surface area contributed by atoms with Crippen LogP contribution in [0.2, 0.25) is 0 Å². The summed E-state index contributed by atoms with van der Waals surface area (Å²) in [4.78, 5) is 0. The Balaban J connectivity index is 2.57. The number of unbranched alkanes of at least 4 members (excludes halogenated alkanes) is 1. The van der Waals surface area contributed by atoms with E-state index in [1.165, 1.54) is 18.4 Å². The molecule has 1 aromatic rings. The molecular weight excluding hydrogens is 266 g/mol.